The van der Waals surface area contributed by atoms with E-state index in [1.54, 1.807) is 12.1 Å². The highest BCUT2D eigenvalue weighted by Crippen LogP contribution is 2.18. The van der Waals surface area contributed by atoms with Gasteiger partial charge in [-0.1, -0.05) is 57.1 Å². The number of carbonyl (C=O) groups excluding carboxylic acids is 1. The quantitative estimate of drug-likeness (QED) is 0.205. The number of rotatable bonds is 16. The molecule has 0 saturated carbocycles. The van der Waals surface area contributed by atoms with Crippen LogP contribution >= 0.6 is 0 Å². The molecule has 0 fully saturated rings. The first-order chi connectivity index (χ1) is 17.5. The van der Waals surface area contributed by atoms with Crippen LogP contribution in [-0.2, 0) is 26.0 Å². The van der Waals surface area contributed by atoms with Gasteiger partial charge in [0.05, 0.1) is 10.5 Å². The highest BCUT2D eigenvalue weighted by Gasteiger charge is 2.17. The molecule has 2 rings (SSSR count). The van der Waals surface area contributed by atoms with Gasteiger partial charge < -0.3 is 9.84 Å². The SMILES string of the molecule is CC(C)(C)OC(=O)CCCCCCCCCCCc1cccc(S(=O)(=O)Nc2ncc(C(=O)O)cn2)c1. The molecule has 2 N–H and O–H groups in total. The van der Waals surface area contributed by atoms with Gasteiger partial charge in [-0.05, 0) is 57.7 Å². The average Bonchev–Trinajstić information content (AvgIpc) is 2.81. The van der Waals surface area contributed by atoms with Gasteiger partial charge >= 0.3 is 11.9 Å². The van der Waals surface area contributed by atoms with E-state index in [-0.39, 0.29) is 22.4 Å². The molecule has 9 nitrogen and oxygen atoms in total. The molecular formula is C27H39N3O6S. The maximum atomic E-state index is 12.7. The summed E-state index contributed by atoms with van der Waals surface area (Å²) in [6.45, 7) is 5.65. The van der Waals surface area contributed by atoms with Crippen molar-refractivity contribution in [2.24, 2.45) is 0 Å². The monoisotopic (exact) mass is 533 g/mol. The molecule has 0 amide bonds. The van der Waals surface area contributed by atoms with Gasteiger partial charge in [-0.2, -0.15) is 0 Å². The van der Waals surface area contributed by atoms with Gasteiger partial charge in [0.15, 0.2) is 0 Å². The Balaban J connectivity index is 1.62. The Labute approximate surface area is 220 Å². The van der Waals surface area contributed by atoms with E-state index >= 15 is 0 Å². The molecule has 1 aromatic carbocycles. The molecule has 0 unspecified atom stereocenters. The third kappa shape index (κ3) is 12.2. The Bertz CT molecular complexity index is 1110. The van der Waals surface area contributed by atoms with Gasteiger partial charge in [0.25, 0.3) is 10.0 Å². The number of unbranched alkanes of at least 4 members (excludes halogenated alkanes) is 8. The number of anilines is 1. The Hall–Kier alpha value is -3.01. The number of ether oxygens (including phenoxy) is 1. The average molecular weight is 534 g/mol. The molecule has 0 radical (unpaired) electrons. The second-order valence-electron chi connectivity index (χ2n) is 10.1. The number of carbonyl (C=O) groups is 2. The number of sulfonamides is 1. The predicted octanol–water partition coefficient (Wildman–Crippen LogP) is 5.76. The first-order valence-corrected chi connectivity index (χ1v) is 14.3. The van der Waals surface area contributed by atoms with Crippen LogP contribution in [0.25, 0.3) is 0 Å². The number of nitrogens with zero attached hydrogens (tertiary/aromatic N) is 2. The smallest absolute Gasteiger partial charge is 0.338 e. The van der Waals surface area contributed by atoms with E-state index in [4.69, 9.17) is 9.84 Å². The van der Waals surface area contributed by atoms with Gasteiger partial charge in [-0.15, -0.1) is 0 Å². The summed E-state index contributed by atoms with van der Waals surface area (Å²) in [5.41, 5.74) is 0.402. The first-order valence-electron chi connectivity index (χ1n) is 12.9. The summed E-state index contributed by atoms with van der Waals surface area (Å²) < 4.78 is 32.9. The van der Waals surface area contributed by atoms with Crippen molar-refractivity contribution in [3.05, 3.63) is 47.8 Å². The van der Waals surface area contributed by atoms with Gasteiger partial charge in [0, 0.05) is 18.8 Å². The number of hydrogen-bond donors (Lipinski definition) is 2. The number of benzene rings is 1. The van der Waals surface area contributed by atoms with Gasteiger partial charge in [0.1, 0.15) is 5.60 Å². The summed E-state index contributed by atoms with van der Waals surface area (Å²) in [5.74, 6) is -1.49. The number of aromatic carboxylic acids is 1. The van der Waals surface area contributed by atoms with Crippen molar-refractivity contribution in [1.82, 2.24) is 9.97 Å². The molecule has 0 atom stereocenters. The van der Waals surface area contributed by atoms with Gasteiger partial charge in [-0.3, -0.25) is 4.79 Å². The maximum Gasteiger partial charge on any atom is 0.338 e. The fraction of sp³-hybridized carbons (Fsp3) is 0.556. The van der Waals surface area contributed by atoms with Gasteiger partial charge in [0.2, 0.25) is 5.95 Å². The number of carboxylic acid groups (broad SMARTS) is 1. The number of esters is 1. The fourth-order valence-corrected chi connectivity index (χ4v) is 4.79. The van der Waals surface area contributed by atoms with Crippen molar-refractivity contribution in [3.63, 3.8) is 0 Å². The Morgan fingerprint density at radius 1 is 0.919 bits per heavy atom. The lowest BCUT2D eigenvalue weighted by Crippen LogP contribution is -2.23. The van der Waals surface area contributed by atoms with Crippen LogP contribution in [0, 0.1) is 0 Å². The Morgan fingerprint density at radius 3 is 2.05 bits per heavy atom. The van der Waals surface area contributed by atoms with E-state index in [1.165, 1.54) is 25.3 Å². The molecule has 0 aliphatic rings. The largest absolute Gasteiger partial charge is 0.478 e. The van der Waals surface area contributed by atoms with E-state index < -0.39 is 21.6 Å². The number of aryl methyl sites for hydroxylation is 1. The number of nitrogens with one attached hydrogen (secondary N) is 1. The van der Waals surface area contributed by atoms with E-state index in [0.29, 0.717) is 6.42 Å². The third-order valence-corrected chi connectivity index (χ3v) is 6.93. The minimum Gasteiger partial charge on any atom is -0.478 e. The zero-order chi connectivity index (χ0) is 27.3. The van der Waals surface area contributed by atoms with Crippen LogP contribution in [0.1, 0.15) is 101 Å². The van der Waals surface area contributed by atoms with E-state index in [0.717, 1.165) is 62.9 Å². The molecule has 0 spiro atoms. The van der Waals surface area contributed by atoms with Crippen molar-refractivity contribution >= 4 is 27.9 Å². The minimum absolute atomic E-state index is 0.113. The zero-order valence-electron chi connectivity index (χ0n) is 22.0. The molecule has 37 heavy (non-hydrogen) atoms. The first kappa shape index (κ1) is 30.2. The lowest BCUT2D eigenvalue weighted by atomic mass is 10.0. The molecule has 0 aliphatic carbocycles. The van der Waals surface area contributed by atoms with Crippen molar-refractivity contribution in [2.45, 2.75) is 102 Å². The molecular weight excluding hydrogens is 494 g/mol. The van der Waals surface area contributed by atoms with E-state index in [9.17, 15) is 18.0 Å². The standard InChI is InChI=1S/C27H39N3O6S/c1-27(2,3)36-24(31)17-12-10-8-6-4-5-7-9-11-14-21-15-13-16-23(18-21)37(34,35)30-26-28-19-22(20-29-26)25(32)33/h13,15-16,18-20H,4-12,14,17H2,1-3H3,(H,32,33)(H,28,29,30). The van der Waals surface area contributed by atoms with Crippen LogP contribution in [0.15, 0.2) is 41.6 Å². The molecule has 2 aromatic rings. The van der Waals surface area contributed by atoms with Crippen molar-refractivity contribution in [2.75, 3.05) is 4.72 Å². The van der Waals surface area contributed by atoms with Crippen LogP contribution in [0.2, 0.25) is 0 Å². The topological polar surface area (TPSA) is 136 Å². The van der Waals surface area contributed by atoms with Crippen LogP contribution < -0.4 is 4.72 Å². The summed E-state index contributed by atoms with van der Waals surface area (Å²) in [5, 5.41) is 8.90. The fourth-order valence-electron chi connectivity index (χ4n) is 3.77. The third-order valence-electron chi connectivity index (χ3n) is 5.60. The molecule has 1 heterocycles. The number of aromatic nitrogens is 2. The Morgan fingerprint density at radius 2 is 1.49 bits per heavy atom. The van der Waals surface area contributed by atoms with Crippen molar-refractivity contribution in [3.8, 4) is 0 Å². The lowest BCUT2D eigenvalue weighted by Gasteiger charge is -2.19. The number of carboxylic acids is 1. The lowest BCUT2D eigenvalue weighted by molar-refractivity contribution is -0.154. The molecule has 0 saturated heterocycles. The summed E-state index contributed by atoms with van der Waals surface area (Å²) >= 11 is 0. The summed E-state index contributed by atoms with van der Waals surface area (Å²) in [7, 11) is -3.88. The van der Waals surface area contributed by atoms with Crippen molar-refractivity contribution < 1.29 is 27.9 Å². The van der Waals surface area contributed by atoms with Crippen LogP contribution in [0.5, 0.6) is 0 Å². The molecule has 0 bridgehead atoms. The van der Waals surface area contributed by atoms with Crippen LogP contribution in [0.3, 0.4) is 0 Å². The second-order valence-corrected chi connectivity index (χ2v) is 11.8. The summed E-state index contributed by atoms with van der Waals surface area (Å²) in [6, 6.07) is 6.77. The van der Waals surface area contributed by atoms with Crippen molar-refractivity contribution in [1.29, 1.82) is 0 Å². The van der Waals surface area contributed by atoms with E-state index in [1.807, 2.05) is 26.8 Å². The molecule has 0 aliphatic heterocycles. The van der Waals surface area contributed by atoms with Gasteiger partial charge in [-0.25, -0.2) is 27.9 Å². The highest BCUT2D eigenvalue weighted by molar-refractivity contribution is 7.92. The van der Waals surface area contributed by atoms with Crippen LogP contribution in [-0.4, -0.2) is 41.0 Å². The maximum absolute atomic E-state index is 12.7. The zero-order valence-corrected chi connectivity index (χ0v) is 22.8. The van der Waals surface area contributed by atoms with E-state index in [2.05, 4.69) is 14.7 Å². The molecule has 1 aromatic heterocycles. The summed E-state index contributed by atoms with van der Waals surface area (Å²) in [4.78, 5) is 30.2. The summed E-state index contributed by atoms with van der Waals surface area (Å²) in [6.07, 6.45) is 13.2. The van der Waals surface area contributed by atoms with Crippen LogP contribution in [0.4, 0.5) is 5.95 Å². The predicted molar refractivity (Wildman–Crippen MR) is 142 cm³/mol. The number of hydrogen-bond acceptors (Lipinski definition) is 7. The normalized spacial score (nSPS) is 11.8. The molecule has 204 valence electrons. The Kier molecular flexibility index (Phi) is 12.0. The molecule has 10 heteroatoms. The highest BCUT2D eigenvalue weighted by atomic mass is 32.2. The second kappa shape index (κ2) is 14.7. The minimum atomic E-state index is -3.88.